The molecule has 0 spiro atoms. The van der Waals surface area contributed by atoms with Gasteiger partial charge in [-0.2, -0.15) is 9.97 Å². The van der Waals surface area contributed by atoms with Gasteiger partial charge < -0.3 is 23.8 Å². The molecule has 2 atom stereocenters. The number of nitrogens with zero attached hydrogens (tertiary/aromatic N) is 5. The second kappa shape index (κ2) is 14.1. The van der Waals surface area contributed by atoms with Gasteiger partial charge in [0.15, 0.2) is 12.6 Å². The lowest BCUT2D eigenvalue weighted by Crippen LogP contribution is -2.43. The van der Waals surface area contributed by atoms with Gasteiger partial charge in [0, 0.05) is 51.8 Å². The van der Waals surface area contributed by atoms with Crippen molar-refractivity contribution in [2.75, 3.05) is 59.2 Å². The summed E-state index contributed by atoms with van der Waals surface area (Å²) in [5.41, 5.74) is 0.207. The monoisotopic (exact) mass is 667 g/mol. The highest BCUT2D eigenvalue weighted by Gasteiger charge is 2.49. The molecule has 0 bridgehead atoms. The van der Waals surface area contributed by atoms with Crippen molar-refractivity contribution < 1.29 is 36.9 Å². The van der Waals surface area contributed by atoms with Gasteiger partial charge in [0.25, 0.3) is 0 Å². The minimum absolute atomic E-state index is 0.0396. The van der Waals surface area contributed by atoms with E-state index in [4.69, 9.17) is 18.9 Å². The van der Waals surface area contributed by atoms with E-state index in [0.29, 0.717) is 71.2 Å². The van der Waals surface area contributed by atoms with Crippen molar-refractivity contribution >= 4 is 33.5 Å². The number of fused-ring (bicyclic) bond motifs is 3. The number of methoxy groups -OCH3 is 2. The summed E-state index contributed by atoms with van der Waals surface area (Å²) in [6, 6.07) is 6.32. The van der Waals surface area contributed by atoms with Crippen LogP contribution in [0.15, 0.2) is 30.5 Å². The van der Waals surface area contributed by atoms with Crippen LogP contribution in [0.4, 0.5) is 19.0 Å². The minimum atomic E-state index is -0.940. The quantitative estimate of drug-likeness (QED) is 0.125. The maximum absolute atomic E-state index is 16.9. The molecule has 4 aromatic rings. The first-order valence-corrected chi connectivity index (χ1v) is 16.2. The average Bonchev–Trinajstić information content (AvgIpc) is 3.61. The number of hydrogen-bond acceptors (Lipinski definition) is 10. The lowest BCUT2D eigenvalue weighted by atomic mass is 9.94. The second-order valence-electron chi connectivity index (χ2n) is 12.5. The lowest BCUT2D eigenvalue weighted by molar-refractivity contribution is -0.140. The zero-order valence-corrected chi connectivity index (χ0v) is 27.7. The van der Waals surface area contributed by atoms with E-state index in [1.54, 1.807) is 30.1 Å². The Kier molecular flexibility index (Phi) is 9.88. The van der Waals surface area contributed by atoms with Crippen molar-refractivity contribution in [3.05, 3.63) is 47.7 Å². The molecule has 48 heavy (non-hydrogen) atoms. The van der Waals surface area contributed by atoms with Crippen LogP contribution in [0.25, 0.3) is 32.9 Å². The molecule has 2 aromatic heterocycles. The molecule has 0 aliphatic carbocycles. The van der Waals surface area contributed by atoms with Crippen molar-refractivity contribution in [3.8, 4) is 23.0 Å². The standard InChI is InChI=1S/C35H40F3N5O5/c1-5-24-27(37)10-9-21-14-23(48-20-45-3)15-25(29(21)24)31-30(38)32-26(17-39-31)33(42(2)12-6-8-28(44)46-4)41-34(40-32)47-19-35-11-7-13-43(35)18-22(36)16-35/h9-10,14-15,17,22H,5-8,11-13,16,18-20H2,1-4H3/t22-,35+/m1/s1. The van der Waals surface area contributed by atoms with Crippen LogP contribution < -0.4 is 14.4 Å². The summed E-state index contributed by atoms with van der Waals surface area (Å²) < 4.78 is 68.3. The summed E-state index contributed by atoms with van der Waals surface area (Å²) in [5, 5.41) is 1.49. The molecule has 2 aliphatic heterocycles. The Labute approximate surface area is 277 Å². The number of ether oxygens (including phenoxy) is 4. The molecule has 2 aromatic carbocycles. The van der Waals surface area contributed by atoms with Crippen LogP contribution in [0.3, 0.4) is 0 Å². The number of alkyl halides is 1. The Morgan fingerprint density at radius 1 is 1.17 bits per heavy atom. The first-order valence-electron chi connectivity index (χ1n) is 16.2. The largest absolute Gasteiger partial charge is 0.469 e. The molecule has 0 radical (unpaired) electrons. The van der Waals surface area contributed by atoms with Crippen LogP contribution in [-0.4, -0.2) is 91.8 Å². The number of pyridine rings is 1. The Bertz CT molecular complexity index is 1830. The van der Waals surface area contributed by atoms with Gasteiger partial charge in [-0.25, -0.2) is 13.2 Å². The van der Waals surface area contributed by atoms with Gasteiger partial charge in [-0.15, -0.1) is 0 Å². The third-order valence-corrected chi connectivity index (χ3v) is 9.43. The number of esters is 1. The SMILES string of the molecule is CCc1c(F)ccc2cc(OCOC)cc(-c3ncc4c(N(C)CCCC(=O)OC)nc(OC[C@@]56CCCN5C[C@H](F)C6)nc4c3F)c12. The fourth-order valence-electron chi connectivity index (χ4n) is 7.11. The molecule has 2 saturated heterocycles. The number of hydrogen-bond donors (Lipinski definition) is 0. The zero-order chi connectivity index (χ0) is 34.0. The number of aromatic nitrogens is 3. The Balaban J connectivity index is 1.47. The van der Waals surface area contributed by atoms with Crippen molar-refractivity contribution in [2.24, 2.45) is 0 Å². The fraction of sp³-hybridized carbons (Fsp3) is 0.486. The molecule has 0 unspecified atom stereocenters. The highest BCUT2D eigenvalue weighted by molar-refractivity contribution is 6.01. The summed E-state index contributed by atoms with van der Waals surface area (Å²) in [5.74, 6) is -0.737. The Morgan fingerprint density at radius 3 is 2.77 bits per heavy atom. The summed E-state index contributed by atoms with van der Waals surface area (Å²) >= 11 is 0. The molecule has 6 rings (SSSR count). The number of carbonyl (C=O) groups is 1. The Hall–Kier alpha value is -4.23. The van der Waals surface area contributed by atoms with Crippen LogP contribution in [0, 0.1) is 11.6 Å². The highest BCUT2D eigenvalue weighted by atomic mass is 19.1. The molecule has 13 heteroatoms. The number of carbonyl (C=O) groups excluding carboxylic acids is 1. The van der Waals surface area contributed by atoms with Crippen LogP contribution in [0.5, 0.6) is 11.8 Å². The molecular formula is C35H40F3N5O5. The van der Waals surface area contributed by atoms with E-state index in [-0.39, 0.29) is 43.0 Å². The molecule has 0 saturated carbocycles. The normalized spacial score (nSPS) is 19.2. The van der Waals surface area contributed by atoms with Gasteiger partial charge in [-0.05, 0) is 66.8 Å². The van der Waals surface area contributed by atoms with E-state index in [2.05, 4.69) is 19.9 Å². The van der Waals surface area contributed by atoms with Crippen molar-refractivity contribution in [2.45, 2.75) is 57.2 Å². The third kappa shape index (κ3) is 6.45. The molecule has 2 fully saturated rings. The van der Waals surface area contributed by atoms with Gasteiger partial charge in [0.1, 0.15) is 41.4 Å². The van der Waals surface area contributed by atoms with Crippen LogP contribution in [0.2, 0.25) is 0 Å². The third-order valence-electron chi connectivity index (χ3n) is 9.43. The summed E-state index contributed by atoms with van der Waals surface area (Å²) in [7, 11) is 4.60. The van der Waals surface area contributed by atoms with Crippen molar-refractivity contribution in [1.82, 2.24) is 19.9 Å². The zero-order valence-electron chi connectivity index (χ0n) is 27.7. The van der Waals surface area contributed by atoms with Crippen molar-refractivity contribution in [3.63, 3.8) is 0 Å². The Morgan fingerprint density at radius 2 is 2.00 bits per heavy atom. The fourth-order valence-corrected chi connectivity index (χ4v) is 7.11. The van der Waals surface area contributed by atoms with Gasteiger partial charge in [-0.1, -0.05) is 13.0 Å². The lowest BCUT2D eigenvalue weighted by Gasteiger charge is -2.31. The van der Waals surface area contributed by atoms with Gasteiger partial charge in [-0.3, -0.25) is 14.7 Å². The van der Waals surface area contributed by atoms with Gasteiger partial charge >= 0.3 is 12.0 Å². The predicted octanol–water partition coefficient (Wildman–Crippen LogP) is 6.01. The van der Waals surface area contributed by atoms with Crippen molar-refractivity contribution in [1.29, 1.82) is 0 Å². The molecule has 2 aliphatic rings. The summed E-state index contributed by atoms with van der Waals surface area (Å²) in [6.07, 6.45) is 3.65. The molecular weight excluding hydrogens is 627 g/mol. The van der Waals surface area contributed by atoms with E-state index in [1.807, 2.05) is 6.92 Å². The first-order chi connectivity index (χ1) is 23.2. The predicted molar refractivity (Wildman–Crippen MR) is 175 cm³/mol. The van der Waals surface area contributed by atoms with E-state index in [0.717, 1.165) is 19.4 Å². The minimum Gasteiger partial charge on any atom is -0.469 e. The van der Waals surface area contributed by atoms with Crippen LogP contribution in [0.1, 0.15) is 44.6 Å². The first kappa shape index (κ1) is 33.7. The van der Waals surface area contributed by atoms with Gasteiger partial charge in [0.05, 0.1) is 18.0 Å². The highest BCUT2D eigenvalue weighted by Crippen LogP contribution is 2.42. The molecule has 0 N–H and O–H groups in total. The molecule has 4 heterocycles. The number of aryl methyl sites for hydroxylation is 1. The van der Waals surface area contributed by atoms with Crippen LogP contribution >= 0.6 is 0 Å². The van der Waals surface area contributed by atoms with Crippen LogP contribution in [-0.2, 0) is 20.7 Å². The maximum atomic E-state index is 16.9. The van der Waals surface area contributed by atoms with E-state index < -0.39 is 23.3 Å². The van der Waals surface area contributed by atoms with E-state index in [1.165, 1.54) is 26.5 Å². The van der Waals surface area contributed by atoms with E-state index in [9.17, 15) is 9.18 Å². The summed E-state index contributed by atoms with van der Waals surface area (Å²) in [4.78, 5) is 29.4. The summed E-state index contributed by atoms with van der Waals surface area (Å²) in [6.45, 7) is 3.51. The molecule has 256 valence electrons. The number of rotatable bonds is 13. The average molecular weight is 668 g/mol. The van der Waals surface area contributed by atoms with E-state index >= 15 is 8.78 Å². The number of halogens is 3. The smallest absolute Gasteiger partial charge is 0.319 e. The molecule has 0 amide bonds. The molecule has 10 nitrogen and oxygen atoms in total. The topological polar surface area (TPSA) is 99.1 Å². The second-order valence-corrected chi connectivity index (χ2v) is 12.5. The van der Waals surface area contributed by atoms with Gasteiger partial charge in [0.2, 0.25) is 0 Å². The maximum Gasteiger partial charge on any atom is 0.319 e. The number of anilines is 1. The number of benzene rings is 2.